The van der Waals surface area contributed by atoms with Crippen LogP contribution in [0, 0.1) is 13.8 Å². The zero-order valence-corrected chi connectivity index (χ0v) is 15.1. The lowest BCUT2D eigenvalue weighted by molar-refractivity contribution is 0.149. The van der Waals surface area contributed by atoms with Gasteiger partial charge in [0.1, 0.15) is 5.75 Å². The number of piperazine rings is 1. The summed E-state index contributed by atoms with van der Waals surface area (Å²) >= 11 is 0. The molecule has 3 nitrogen and oxygen atoms in total. The third kappa shape index (κ3) is 5.67. The lowest BCUT2D eigenvalue weighted by Gasteiger charge is -2.32. The molecule has 1 aliphatic heterocycles. The highest BCUT2D eigenvalue weighted by atomic mass is 16.5. The van der Waals surface area contributed by atoms with Crippen molar-refractivity contribution in [1.29, 1.82) is 0 Å². The molecule has 0 amide bonds. The minimum Gasteiger partial charge on any atom is -0.493 e. The van der Waals surface area contributed by atoms with Crippen LogP contribution in [0.15, 0.2) is 24.8 Å². The topological polar surface area (TPSA) is 15.7 Å². The highest BCUT2D eigenvalue weighted by Crippen LogP contribution is 2.25. The monoisotopic (exact) mass is 316 g/mol. The van der Waals surface area contributed by atoms with Crippen LogP contribution < -0.4 is 4.74 Å². The SMILES string of the molecule is C=CCc1cc(C)c(OCCCCN2CCN(C)CC2)c(C)c1. The van der Waals surface area contributed by atoms with Crippen molar-refractivity contribution in [3.05, 3.63) is 41.5 Å². The van der Waals surface area contributed by atoms with E-state index in [1.165, 1.54) is 55.8 Å². The van der Waals surface area contributed by atoms with Crippen LogP contribution in [0.25, 0.3) is 0 Å². The third-order valence-corrected chi connectivity index (χ3v) is 4.61. The van der Waals surface area contributed by atoms with Crippen LogP contribution in [0.5, 0.6) is 5.75 Å². The summed E-state index contributed by atoms with van der Waals surface area (Å²) < 4.78 is 6.05. The number of hydrogen-bond acceptors (Lipinski definition) is 3. The van der Waals surface area contributed by atoms with E-state index in [0.29, 0.717) is 0 Å². The first kappa shape index (κ1) is 18.0. The Kier molecular flexibility index (Phi) is 7.13. The molecule has 1 aromatic carbocycles. The maximum Gasteiger partial charge on any atom is 0.125 e. The van der Waals surface area contributed by atoms with Gasteiger partial charge in [0.05, 0.1) is 6.61 Å². The van der Waals surface area contributed by atoms with Gasteiger partial charge in [-0.3, -0.25) is 0 Å². The summed E-state index contributed by atoms with van der Waals surface area (Å²) in [4.78, 5) is 4.97. The second kappa shape index (κ2) is 9.09. The van der Waals surface area contributed by atoms with Gasteiger partial charge in [-0.05, 0) is 63.4 Å². The predicted octanol–water partition coefficient (Wildman–Crippen LogP) is 3.44. The highest BCUT2D eigenvalue weighted by molar-refractivity contribution is 5.43. The molecule has 1 fully saturated rings. The quantitative estimate of drug-likeness (QED) is 0.540. The Morgan fingerprint density at radius 1 is 1.09 bits per heavy atom. The number of ether oxygens (including phenoxy) is 1. The highest BCUT2D eigenvalue weighted by Gasteiger charge is 2.12. The van der Waals surface area contributed by atoms with E-state index in [2.05, 4.69) is 49.4 Å². The fourth-order valence-electron chi connectivity index (χ4n) is 3.24. The van der Waals surface area contributed by atoms with Crippen LogP contribution in [0.2, 0.25) is 0 Å². The van der Waals surface area contributed by atoms with E-state index in [9.17, 15) is 0 Å². The van der Waals surface area contributed by atoms with E-state index in [1.54, 1.807) is 0 Å². The maximum absolute atomic E-state index is 6.05. The first-order valence-electron chi connectivity index (χ1n) is 8.85. The van der Waals surface area contributed by atoms with Crippen molar-refractivity contribution >= 4 is 0 Å². The Hall–Kier alpha value is -1.32. The van der Waals surface area contributed by atoms with E-state index in [0.717, 1.165) is 25.2 Å². The molecule has 1 aromatic rings. The van der Waals surface area contributed by atoms with E-state index in [1.807, 2.05) is 6.08 Å². The van der Waals surface area contributed by atoms with Crippen molar-refractivity contribution < 1.29 is 4.74 Å². The van der Waals surface area contributed by atoms with Crippen LogP contribution in [-0.4, -0.2) is 56.2 Å². The second-order valence-corrected chi connectivity index (χ2v) is 6.75. The zero-order chi connectivity index (χ0) is 16.7. The normalized spacial score (nSPS) is 16.5. The van der Waals surface area contributed by atoms with Crippen LogP contribution in [0.1, 0.15) is 29.5 Å². The Morgan fingerprint density at radius 3 is 2.35 bits per heavy atom. The van der Waals surface area contributed by atoms with Crippen molar-refractivity contribution in [3.63, 3.8) is 0 Å². The summed E-state index contributed by atoms with van der Waals surface area (Å²) in [5.41, 5.74) is 3.79. The average Bonchev–Trinajstić information content (AvgIpc) is 2.51. The van der Waals surface area contributed by atoms with E-state index in [-0.39, 0.29) is 0 Å². The number of likely N-dealkylation sites (N-methyl/N-ethyl adjacent to an activating group) is 1. The predicted molar refractivity (Wildman–Crippen MR) is 98.5 cm³/mol. The standard InChI is InChI=1S/C20H32N2O/c1-5-8-19-15-17(2)20(18(3)16-19)23-14-7-6-9-22-12-10-21(4)11-13-22/h5,15-16H,1,6-14H2,2-4H3. The number of nitrogens with zero attached hydrogens (tertiary/aromatic N) is 2. The van der Waals surface area contributed by atoms with Crippen LogP contribution in [-0.2, 0) is 6.42 Å². The van der Waals surface area contributed by atoms with E-state index < -0.39 is 0 Å². The van der Waals surface area contributed by atoms with Gasteiger partial charge in [0.2, 0.25) is 0 Å². The van der Waals surface area contributed by atoms with Crippen LogP contribution in [0.3, 0.4) is 0 Å². The molecule has 23 heavy (non-hydrogen) atoms. The lowest BCUT2D eigenvalue weighted by Crippen LogP contribution is -2.44. The molecule has 0 saturated carbocycles. The summed E-state index contributed by atoms with van der Waals surface area (Å²) in [6, 6.07) is 4.43. The number of benzene rings is 1. The average molecular weight is 316 g/mol. The summed E-state index contributed by atoms with van der Waals surface area (Å²) in [5.74, 6) is 1.07. The minimum atomic E-state index is 0.816. The van der Waals surface area contributed by atoms with Gasteiger partial charge in [-0.25, -0.2) is 0 Å². The van der Waals surface area contributed by atoms with Crippen molar-refractivity contribution in [2.45, 2.75) is 33.1 Å². The van der Waals surface area contributed by atoms with Gasteiger partial charge in [0.15, 0.2) is 0 Å². The van der Waals surface area contributed by atoms with Gasteiger partial charge < -0.3 is 14.5 Å². The first-order chi connectivity index (χ1) is 11.1. The first-order valence-corrected chi connectivity index (χ1v) is 8.85. The molecule has 0 aliphatic carbocycles. The Labute approximate surface area is 141 Å². The van der Waals surface area contributed by atoms with Gasteiger partial charge in [0, 0.05) is 26.2 Å². The van der Waals surface area contributed by atoms with Crippen LogP contribution >= 0.6 is 0 Å². The van der Waals surface area contributed by atoms with Crippen molar-refractivity contribution in [1.82, 2.24) is 9.80 Å². The van der Waals surface area contributed by atoms with Gasteiger partial charge in [-0.2, -0.15) is 0 Å². The van der Waals surface area contributed by atoms with Crippen molar-refractivity contribution in [3.8, 4) is 5.75 Å². The number of rotatable bonds is 8. The number of aryl methyl sites for hydroxylation is 2. The van der Waals surface area contributed by atoms with Crippen molar-refractivity contribution in [2.75, 3.05) is 46.4 Å². The molecule has 0 atom stereocenters. The lowest BCUT2D eigenvalue weighted by atomic mass is 10.0. The number of unbranched alkanes of at least 4 members (excludes halogenated alkanes) is 1. The molecule has 0 aromatic heterocycles. The maximum atomic E-state index is 6.05. The Balaban J connectivity index is 1.71. The second-order valence-electron chi connectivity index (χ2n) is 6.75. The van der Waals surface area contributed by atoms with Crippen LogP contribution in [0.4, 0.5) is 0 Å². The van der Waals surface area contributed by atoms with Gasteiger partial charge in [-0.15, -0.1) is 6.58 Å². The molecule has 0 bridgehead atoms. The molecule has 2 rings (SSSR count). The van der Waals surface area contributed by atoms with Gasteiger partial charge in [0.25, 0.3) is 0 Å². The summed E-state index contributed by atoms with van der Waals surface area (Å²) in [6.45, 7) is 14.9. The zero-order valence-electron chi connectivity index (χ0n) is 15.1. The number of hydrogen-bond donors (Lipinski definition) is 0. The fourth-order valence-corrected chi connectivity index (χ4v) is 3.24. The molecule has 1 aliphatic rings. The van der Waals surface area contributed by atoms with E-state index in [4.69, 9.17) is 4.74 Å². The van der Waals surface area contributed by atoms with Gasteiger partial charge in [-0.1, -0.05) is 18.2 Å². The fraction of sp³-hybridized carbons (Fsp3) is 0.600. The smallest absolute Gasteiger partial charge is 0.125 e. The largest absolute Gasteiger partial charge is 0.493 e. The Morgan fingerprint density at radius 2 is 1.74 bits per heavy atom. The molecular weight excluding hydrogens is 284 g/mol. The minimum absolute atomic E-state index is 0.816. The van der Waals surface area contributed by atoms with Gasteiger partial charge >= 0.3 is 0 Å². The van der Waals surface area contributed by atoms with Crippen molar-refractivity contribution in [2.24, 2.45) is 0 Å². The third-order valence-electron chi connectivity index (χ3n) is 4.61. The Bertz CT molecular complexity index is 481. The molecule has 0 radical (unpaired) electrons. The molecule has 0 N–H and O–H groups in total. The summed E-state index contributed by atoms with van der Waals surface area (Å²) in [5, 5.41) is 0. The molecule has 3 heteroatoms. The number of allylic oxidation sites excluding steroid dienone is 1. The summed E-state index contributed by atoms with van der Waals surface area (Å²) in [6.07, 6.45) is 5.22. The molecule has 0 spiro atoms. The van der Waals surface area contributed by atoms with E-state index >= 15 is 0 Å². The molecule has 1 heterocycles. The molecular formula is C20H32N2O. The molecule has 1 saturated heterocycles. The molecule has 0 unspecified atom stereocenters. The molecule has 128 valence electrons. The summed E-state index contributed by atoms with van der Waals surface area (Å²) in [7, 11) is 2.20.